The van der Waals surface area contributed by atoms with Crippen molar-refractivity contribution >= 4 is 5.78 Å². The molecule has 0 aliphatic carbocycles. The highest BCUT2D eigenvalue weighted by Crippen LogP contribution is 2.23. The highest BCUT2D eigenvalue weighted by molar-refractivity contribution is 5.86. The number of Topliss-reactive ketones (excluding diaryl/α,β-unsaturated/α-hetero) is 1. The molecule has 0 aromatic rings. The van der Waals surface area contributed by atoms with Crippen molar-refractivity contribution in [3.8, 4) is 0 Å². The number of aliphatic hydroxyl groups excluding tert-OH is 1. The van der Waals surface area contributed by atoms with Crippen molar-refractivity contribution in [2.24, 2.45) is 5.92 Å². The van der Waals surface area contributed by atoms with Crippen LogP contribution in [0, 0.1) is 5.92 Å². The van der Waals surface area contributed by atoms with Gasteiger partial charge in [0.15, 0.2) is 5.78 Å². The Morgan fingerprint density at radius 1 is 1.36 bits per heavy atom. The summed E-state index contributed by atoms with van der Waals surface area (Å²) < 4.78 is 0. The zero-order chi connectivity index (χ0) is 10.9. The zero-order valence-electron chi connectivity index (χ0n) is 9.53. The van der Waals surface area contributed by atoms with Crippen LogP contribution in [0.15, 0.2) is 0 Å². The first-order chi connectivity index (χ1) is 6.43. The first-order valence-electron chi connectivity index (χ1n) is 5.41. The fourth-order valence-electron chi connectivity index (χ4n) is 2.07. The quantitative estimate of drug-likeness (QED) is 0.738. The maximum Gasteiger partial charge on any atom is 0.152 e. The molecule has 1 saturated heterocycles. The third kappa shape index (κ3) is 2.34. The van der Waals surface area contributed by atoms with Crippen LogP contribution in [-0.2, 0) is 4.79 Å². The second-order valence-electron chi connectivity index (χ2n) is 4.75. The maximum absolute atomic E-state index is 11.9. The van der Waals surface area contributed by atoms with Gasteiger partial charge in [0.1, 0.15) is 0 Å². The van der Waals surface area contributed by atoms with Crippen molar-refractivity contribution in [1.29, 1.82) is 0 Å². The molecule has 2 atom stereocenters. The molecule has 3 heteroatoms. The summed E-state index contributed by atoms with van der Waals surface area (Å²) in [5.74, 6) is 0.321. The van der Waals surface area contributed by atoms with Crippen LogP contribution in [0.2, 0.25) is 0 Å². The molecule has 3 nitrogen and oxygen atoms in total. The summed E-state index contributed by atoms with van der Waals surface area (Å²) in [4.78, 5) is 14.0. The predicted octanol–water partition coefficient (Wildman–Crippen LogP) is 1.06. The summed E-state index contributed by atoms with van der Waals surface area (Å²) >= 11 is 0. The van der Waals surface area contributed by atoms with Crippen LogP contribution in [0.25, 0.3) is 0 Å². The fraction of sp³-hybridized carbons (Fsp3) is 0.909. The molecule has 82 valence electrons. The highest BCUT2D eigenvalue weighted by atomic mass is 16.3. The van der Waals surface area contributed by atoms with E-state index in [9.17, 15) is 9.90 Å². The number of carbonyl (C=O) groups excluding carboxylic acids is 1. The Bertz CT molecular complexity index is 213. The molecule has 1 N–H and O–H groups in total. The lowest BCUT2D eigenvalue weighted by atomic mass is 9.99. The average molecular weight is 199 g/mol. The van der Waals surface area contributed by atoms with Gasteiger partial charge in [0.2, 0.25) is 0 Å². The number of nitrogens with zero attached hydrogens (tertiary/aromatic N) is 1. The van der Waals surface area contributed by atoms with Crippen molar-refractivity contribution in [2.75, 3.05) is 6.54 Å². The summed E-state index contributed by atoms with van der Waals surface area (Å²) in [6.45, 7) is 8.62. The van der Waals surface area contributed by atoms with Gasteiger partial charge >= 0.3 is 0 Å². The molecule has 1 heterocycles. The molecule has 14 heavy (non-hydrogen) atoms. The second kappa shape index (κ2) is 4.41. The average Bonchev–Trinajstić information content (AvgIpc) is 2.45. The number of aliphatic hydroxyl groups is 1. The first kappa shape index (κ1) is 11.7. The topological polar surface area (TPSA) is 40.5 Å². The minimum Gasteiger partial charge on any atom is -0.392 e. The van der Waals surface area contributed by atoms with Gasteiger partial charge in [-0.3, -0.25) is 9.69 Å². The molecule has 0 aromatic carbocycles. The highest BCUT2D eigenvalue weighted by Gasteiger charge is 2.37. The number of likely N-dealkylation sites (tertiary alicyclic amines) is 1. The van der Waals surface area contributed by atoms with Gasteiger partial charge < -0.3 is 5.11 Å². The molecule has 0 unspecified atom stereocenters. The number of β-amino-alcohol motifs (C(OH)–C–C–N with tert-alkyl or cyclic N) is 1. The Morgan fingerprint density at radius 2 is 1.93 bits per heavy atom. The molecule has 0 aromatic heterocycles. The van der Waals surface area contributed by atoms with E-state index >= 15 is 0 Å². The molecule has 0 spiro atoms. The molecule has 1 aliphatic heterocycles. The van der Waals surface area contributed by atoms with Crippen molar-refractivity contribution in [3.05, 3.63) is 0 Å². The number of hydrogen-bond donors (Lipinski definition) is 1. The summed E-state index contributed by atoms with van der Waals surface area (Å²) in [5, 5.41) is 9.56. The van der Waals surface area contributed by atoms with Gasteiger partial charge in [0.25, 0.3) is 0 Å². The van der Waals surface area contributed by atoms with Gasteiger partial charge in [-0.25, -0.2) is 0 Å². The summed E-state index contributed by atoms with van der Waals surface area (Å²) in [6, 6.07) is 0.268. The van der Waals surface area contributed by atoms with Gasteiger partial charge in [-0.1, -0.05) is 13.8 Å². The minimum absolute atomic E-state index is 0.0616. The van der Waals surface area contributed by atoms with Gasteiger partial charge in [0, 0.05) is 18.5 Å². The van der Waals surface area contributed by atoms with Crippen molar-refractivity contribution in [3.63, 3.8) is 0 Å². The number of hydrogen-bond acceptors (Lipinski definition) is 3. The second-order valence-corrected chi connectivity index (χ2v) is 4.75. The van der Waals surface area contributed by atoms with E-state index in [1.807, 2.05) is 13.8 Å². The Morgan fingerprint density at radius 3 is 2.36 bits per heavy atom. The van der Waals surface area contributed by atoms with E-state index in [1.54, 1.807) is 0 Å². The molecule has 1 rings (SSSR count). The lowest BCUT2D eigenvalue weighted by molar-refractivity contribution is -0.126. The van der Waals surface area contributed by atoms with Crippen molar-refractivity contribution in [1.82, 2.24) is 4.90 Å². The normalized spacial score (nSPS) is 29.1. The molecular formula is C11H21NO2. The number of carbonyl (C=O) groups is 1. The Kier molecular flexibility index (Phi) is 3.67. The van der Waals surface area contributed by atoms with Crippen LogP contribution in [0.3, 0.4) is 0 Å². The van der Waals surface area contributed by atoms with E-state index in [4.69, 9.17) is 0 Å². The third-order valence-corrected chi connectivity index (χ3v) is 2.88. The first-order valence-corrected chi connectivity index (χ1v) is 5.41. The summed E-state index contributed by atoms with van der Waals surface area (Å²) in [5.41, 5.74) is 0. The molecule has 1 aliphatic rings. The molecule has 0 radical (unpaired) electrons. The molecule has 0 amide bonds. The summed E-state index contributed by atoms with van der Waals surface area (Å²) in [6.07, 6.45) is 0.278. The van der Waals surface area contributed by atoms with Gasteiger partial charge in [-0.2, -0.15) is 0 Å². The Labute approximate surface area is 86.1 Å². The van der Waals surface area contributed by atoms with E-state index in [0.29, 0.717) is 19.0 Å². The van der Waals surface area contributed by atoms with Crippen LogP contribution in [0.1, 0.15) is 34.1 Å². The van der Waals surface area contributed by atoms with E-state index in [2.05, 4.69) is 18.7 Å². The van der Waals surface area contributed by atoms with E-state index < -0.39 is 0 Å². The van der Waals surface area contributed by atoms with E-state index in [-0.39, 0.29) is 23.8 Å². The van der Waals surface area contributed by atoms with Crippen molar-refractivity contribution in [2.45, 2.75) is 52.3 Å². The number of ketones is 1. The van der Waals surface area contributed by atoms with Gasteiger partial charge in [0.05, 0.1) is 12.1 Å². The molecule has 0 bridgehead atoms. The zero-order valence-corrected chi connectivity index (χ0v) is 9.53. The van der Waals surface area contributed by atoms with Crippen LogP contribution in [-0.4, -0.2) is 40.5 Å². The van der Waals surface area contributed by atoms with Crippen LogP contribution >= 0.6 is 0 Å². The maximum atomic E-state index is 11.9. The van der Waals surface area contributed by atoms with Gasteiger partial charge in [-0.05, 0) is 20.3 Å². The van der Waals surface area contributed by atoms with E-state index in [0.717, 1.165) is 0 Å². The largest absolute Gasteiger partial charge is 0.392 e. The fourth-order valence-corrected chi connectivity index (χ4v) is 2.07. The minimum atomic E-state index is -0.329. The van der Waals surface area contributed by atoms with Crippen molar-refractivity contribution < 1.29 is 9.90 Å². The predicted molar refractivity (Wildman–Crippen MR) is 56.1 cm³/mol. The van der Waals surface area contributed by atoms with Crippen LogP contribution in [0.5, 0.6) is 0 Å². The summed E-state index contributed by atoms with van der Waals surface area (Å²) in [7, 11) is 0. The number of rotatable bonds is 3. The van der Waals surface area contributed by atoms with Crippen LogP contribution < -0.4 is 0 Å². The SMILES string of the molecule is CC(C)C(=O)[C@@H]1C[C@H](O)CN1C(C)C. The smallest absolute Gasteiger partial charge is 0.152 e. The standard InChI is InChI=1S/C11H21NO2/c1-7(2)11(14)10-5-9(13)6-12(10)8(3)4/h7-10,13H,5-6H2,1-4H3/t9-,10-/m0/s1. The molecular weight excluding hydrogens is 178 g/mol. The van der Waals surface area contributed by atoms with E-state index in [1.165, 1.54) is 0 Å². The Hall–Kier alpha value is -0.410. The molecule has 1 fully saturated rings. The Balaban J connectivity index is 2.71. The lowest BCUT2D eigenvalue weighted by Crippen LogP contribution is -2.42. The van der Waals surface area contributed by atoms with Gasteiger partial charge in [-0.15, -0.1) is 0 Å². The van der Waals surface area contributed by atoms with Crippen LogP contribution in [0.4, 0.5) is 0 Å². The lowest BCUT2D eigenvalue weighted by Gasteiger charge is -2.27. The third-order valence-electron chi connectivity index (χ3n) is 2.88. The molecule has 0 saturated carbocycles. The monoisotopic (exact) mass is 199 g/mol.